The second kappa shape index (κ2) is 9.79. The van der Waals surface area contributed by atoms with Crippen molar-refractivity contribution in [1.82, 2.24) is 9.62 Å². The molecule has 0 radical (unpaired) electrons. The average molecular weight is 483 g/mol. The monoisotopic (exact) mass is 482 g/mol. The van der Waals surface area contributed by atoms with Gasteiger partial charge in [-0.05, 0) is 61.7 Å². The quantitative estimate of drug-likeness (QED) is 0.539. The van der Waals surface area contributed by atoms with E-state index in [1.54, 1.807) is 11.3 Å². The third-order valence-corrected chi connectivity index (χ3v) is 9.42. The number of amides is 1. The van der Waals surface area contributed by atoms with Crippen molar-refractivity contribution in [3.63, 3.8) is 0 Å². The van der Waals surface area contributed by atoms with Crippen LogP contribution in [0.3, 0.4) is 0 Å². The summed E-state index contributed by atoms with van der Waals surface area (Å²) in [4.78, 5) is 14.7. The molecule has 3 aromatic rings. The fraction of sp³-hybridized carbons (Fsp3) is 0.346. The Labute approximate surface area is 200 Å². The summed E-state index contributed by atoms with van der Waals surface area (Å²) in [5.41, 5.74) is 3.64. The van der Waals surface area contributed by atoms with Crippen molar-refractivity contribution >= 4 is 27.3 Å². The van der Waals surface area contributed by atoms with E-state index in [0.29, 0.717) is 30.8 Å². The van der Waals surface area contributed by atoms with E-state index in [4.69, 9.17) is 0 Å². The maximum absolute atomic E-state index is 13.4. The molecule has 2 aromatic carbocycles. The number of piperidine rings is 1. The predicted molar refractivity (Wildman–Crippen MR) is 133 cm³/mol. The third kappa shape index (κ3) is 5.05. The largest absolute Gasteiger partial charge is 0.344 e. The maximum Gasteiger partial charge on any atom is 0.243 e. The fourth-order valence-corrected chi connectivity index (χ4v) is 7.42. The second-order valence-corrected chi connectivity index (χ2v) is 11.6. The molecule has 0 unspecified atom stereocenters. The van der Waals surface area contributed by atoms with Gasteiger partial charge >= 0.3 is 0 Å². The van der Waals surface area contributed by atoms with Crippen LogP contribution in [0.2, 0.25) is 0 Å². The topological polar surface area (TPSA) is 66.5 Å². The van der Waals surface area contributed by atoms with E-state index >= 15 is 0 Å². The molecule has 0 bridgehead atoms. The smallest absolute Gasteiger partial charge is 0.243 e. The number of nitrogens with zero attached hydrogens (tertiary/aromatic N) is 1. The van der Waals surface area contributed by atoms with Crippen LogP contribution in [0.25, 0.3) is 0 Å². The van der Waals surface area contributed by atoms with E-state index in [1.807, 2.05) is 80.7 Å². The van der Waals surface area contributed by atoms with Crippen molar-refractivity contribution in [2.24, 2.45) is 5.92 Å². The van der Waals surface area contributed by atoms with Crippen molar-refractivity contribution < 1.29 is 13.2 Å². The van der Waals surface area contributed by atoms with Crippen LogP contribution in [0.4, 0.5) is 0 Å². The number of rotatable bonds is 6. The lowest BCUT2D eigenvalue weighted by Gasteiger charge is -2.32. The molecule has 2 heterocycles. The van der Waals surface area contributed by atoms with Crippen LogP contribution in [-0.4, -0.2) is 31.7 Å². The van der Waals surface area contributed by atoms with E-state index in [9.17, 15) is 13.2 Å². The van der Waals surface area contributed by atoms with Gasteiger partial charge in [-0.2, -0.15) is 4.31 Å². The molecule has 1 aliphatic rings. The number of nitrogens with one attached hydrogen (secondary N) is 1. The average Bonchev–Trinajstić information content (AvgIpc) is 3.31. The van der Waals surface area contributed by atoms with Crippen LogP contribution in [0, 0.1) is 26.7 Å². The summed E-state index contributed by atoms with van der Waals surface area (Å²) in [6.07, 6.45) is 1.03. The molecule has 1 aliphatic heterocycles. The molecule has 1 saturated heterocycles. The predicted octanol–water partition coefficient (Wildman–Crippen LogP) is 4.98. The van der Waals surface area contributed by atoms with Gasteiger partial charge in [-0.3, -0.25) is 4.79 Å². The highest BCUT2D eigenvalue weighted by Crippen LogP contribution is 2.30. The molecule has 174 valence electrons. The van der Waals surface area contributed by atoms with Gasteiger partial charge in [-0.25, -0.2) is 8.42 Å². The zero-order valence-corrected chi connectivity index (χ0v) is 20.9. The molecule has 1 fully saturated rings. The van der Waals surface area contributed by atoms with Gasteiger partial charge in [0.15, 0.2) is 0 Å². The lowest BCUT2D eigenvalue weighted by Crippen LogP contribution is -2.44. The van der Waals surface area contributed by atoms with Crippen molar-refractivity contribution in [2.75, 3.05) is 13.1 Å². The van der Waals surface area contributed by atoms with Crippen LogP contribution in [0.5, 0.6) is 0 Å². The molecule has 33 heavy (non-hydrogen) atoms. The third-order valence-electron chi connectivity index (χ3n) is 6.27. The molecule has 0 saturated carbocycles. The highest BCUT2D eigenvalue weighted by molar-refractivity contribution is 7.89. The minimum atomic E-state index is -3.59. The molecule has 7 heteroatoms. The number of benzene rings is 2. The summed E-state index contributed by atoms with van der Waals surface area (Å²) in [5, 5.41) is 5.23. The van der Waals surface area contributed by atoms with Gasteiger partial charge in [-0.1, -0.05) is 54.1 Å². The molecule has 0 aliphatic carbocycles. The van der Waals surface area contributed by atoms with Crippen LogP contribution < -0.4 is 5.32 Å². The van der Waals surface area contributed by atoms with Crippen LogP contribution in [-0.2, 0) is 14.8 Å². The van der Waals surface area contributed by atoms with Gasteiger partial charge in [0.1, 0.15) is 0 Å². The molecule has 4 rings (SSSR count). The molecule has 1 atom stereocenters. The van der Waals surface area contributed by atoms with E-state index in [-0.39, 0.29) is 17.9 Å². The summed E-state index contributed by atoms with van der Waals surface area (Å²) in [5.74, 6) is -0.222. The van der Waals surface area contributed by atoms with Crippen molar-refractivity contribution in [1.29, 1.82) is 0 Å². The number of hydrogen-bond acceptors (Lipinski definition) is 4. The van der Waals surface area contributed by atoms with Gasteiger partial charge < -0.3 is 5.32 Å². The van der Waals surface area contributed by atoms with Crippen LogP contribution >= 0.6 is 11.3 Å². The number of sulfonamides is 1. The number of aryl methyl sites for hydroxylation is 3. The zero-order valence-electron chi connectivity index (χ0n) is 19.2. The maximum atomic E-state index is 13.4. The Balaban J connectivity index is 1.46. The molecule has 5 nitrogen and oxygen atoms in total. The number of hydrogen-bond donors (Lipinski definition) is 1. The van der Waals surface area contributed by atoms with Crippen LogP contribution in [0.15, 0.2) is 64.9 Å². The highest BCUT2D eigenvalue weighted by Gasteiger charge is 2.34. The standard InChI is InChI=1S/C26H30N2O3S2/c1-18-16-19(2)25(20(3)17-18)33(30,31)28-13-11-22(12-14-28)26(29)27-24(23-10-7-15-32-23)21-8-5-4-6-9-21/h4-10,15-17,22,24H,11-14H2,1-3H3,(H,27,29)/t24-/m0/s1. The second-order valence-electron chi connectivity index (χ2n) is 8.77. The van der Waals surface area contributed by atoms with Crippen LogP contribution in [0.1, 0.15) is 46.0 Å². The summed E-state index contributed by atoms with van der Waals surface area (Å²) in [6.45, 7) is 6.37. The number of carbonyl (C=O) groups excluding carboxylic acids is 1. The molecule has 1 N–H and O–H groups in total. The molecule has 1 amide bonds. The van der Waals surface area contributed by atoms with E-state index in [1.165, 1.54) is 4.31 Å². The first-order valence-electron chi connectivity index (χ1n) is 11.2. The Hall–Kier alpha value is -2.48. The Bertz CT molecular complexity index is 1190. The summed E-state index contributed by atoms with van der Waals surface area (Å²) in [6, 6.07) is 17.6. The van der Waals surface area contributed by atoms with E-state index in [0.717, 1.165) is 27.1 Å². The Morgan fingerprint density at radius 2 is 1.64 bits per heavy atom. The fourth-order valence-electron chi connectivity index (χ4n) is 4.74. The Morgan fingerprint density at radius 3 is 2.21 bits per heavy atom. The highest BCUT2D eigenvalue weighted by atomic mass is 32.2. The lowest BCUT2D eigenvalue weighted by atomic mass is 9.96. The van der Waals surface area contributed by atoms with Gasteiger partial charge in [0, 0.05) is 23.9 Å². The van der Waals surface area contributed by atoms with Crippen molar-refractivity contribution in [3.8, 4) is 0 Å². The normalized spacial score (nSPS) is 16.5. The lowest BCUT2D eigenvalue weighted by molar-refractivity contribution is -0.126. The minimum Gasteiger partial charge on any atom is -0.344 e. The number of carbonyl (C=O) groups is 1. The first-order chi connectivity index (χ1) is 15.8. The van der Waals surface area contributed by atoms with E-state index < -0.39 is 10.0 Å². The Morgan fingerprint density at radius 1 is 1.00 bits per heavy atom. The molecular formula is C26H30N2O3S2. The van der Waals surface area contributed by atoms with Gasteiger partial charge in [0.2, 0.25) is 15.9 Å². The summed E-state index contributed by atoms with van der Waals surface area (Å²) >= 11 is 1.62. The summed E-state index contributed by atoms with van der Waals surface area (Å²) < 4.78 is 28.3. The van der Waals surface area contributed by atoms with Crippen molar-refractivity contribution in [3.05, 3.63) is 87.1 Å². The number of thiophene rings is 1. The molecular weight excluding hydrogens is 452 g/mol. The Kier molecular flexibility index (Phi) is 7.02. The van der Waals surface area contributed by atoms with Gasteiger partial charge in [-0.15, -0.1) is 11.3 Å². The first-order valence-corrected chi connectivity index (χ1v) is 13.6. The first kappa shape index (κ1) is 23.7. The minimum absolute atomic E-state index is 0.0167. The van der Waals surface area contributed by atoms with Gasteiger partial charge in [0.25, 0.3) is 0 Å². The molecule has 0 spiro atoms. The van der Waals surface area contributed by atoms with Gasteiger partial charge in [0.05, 0.1) is 10.9 Å². The molecule has 1 aromatic heterocycles. The van der Waals surface area contributed by atoms with E-state index in [2.05, 4.69) is 5.32 Å². The summed E-state index contributed by atoms with van der Waals surface area (Å²) in [7, 11) is -3.59. The SMILES string of the molecule is Cc1cc(C)c(S(=O)(=O)N2CCC(C(=O)N[C@@H](c3ccccc3)c3cccs3)CC2)c(C)c1. The van der Waals surface area contributed by atoms with Crippen molar-refractivity contribution in [2.45, 2.75) is 44.6 Å². The zero-order chi connectivity index (χ0) is 23.6.